The van der Waals surface area contributed by atoms with Crippen molar-refractivity contribution in [3.05, 3.63) is 63.0 Å². The quantitative estimate of drug-likeness (QED) is 0.348. The van der Waals surface area contributed by atoms with Crippen LogP contribution in [0.2, 0.25) is 0 Å². The van der Waals surface area contributed by atoms with Crippen LogP contribution >= 0.6 is 24.0 Å². The predicted molar refractivity (Wildman–Crippen MR) is 108 cm³/mol. The Bertz CT molecular complexity index is 957. The van der Waals surface area contributed by atoms with E-state index in [1.807, 2.05) is 0 Å². The summed E-state index contributed by atoms with van der Waals surface area (Å²) in [5.74, 6) is 0.0365. The second-order valence-corrected chi connectivity index (χ2v) is 7.13. The first-order valence-electron chi connectivity index (χ1n) is 7.89. The number of aromatic hydroxyl groups is 1. The Labute approximate surface area is 164 Å². The smallest absolute Gasteiger partial charge is 0.270 e. The number of anilines is 1. The zero-order chi connectivity index (χ0) is 19.6. The molecule has 7 nitrogen and oxygen atoms in total. The van der Waals surface area contributed by atoms with Gasteiger partial charge in [0.05, 0.1) is 22.1 Å². The maximum Gasteiger partial charge on any atom is 0.270 e. The Morgan fingerprint density at radius 2 is 2.00 bits per heavy atom. The van der Waals surface area contributed by atoms with Crippen LogP contribution in [-0.4, -0.2) is 26.9 Å². The first kappa shape index (κ1) is 18.9. The van der Waals surface area contributed by atoms with Gasteiger partial charge < -0.3 is 9.84 Å². The number of amides is 1. The molecule has 1 N–H and O–H groups in total. The molecule has 1 saturated heterocycles. The molecular formula is C18H14N2O5S2. The van der Waals surface area contributed by atoms with Crippen molar-refractivity contribution in [3.8, 4) is 11.5 Å². The molecule has 0 aliphatic carbocycles. The summed E-state index contributed by atoms with van der Waals surface area (Å²) in [4.78, 5) is 24.8. The Hall–Kier alpha value is -2.91. The third-order valence-corrected chi connectivity index (χ3v) is 5.00. The highest BCUT2D eigenvalue weighted by Gasteiger charge is 2.33. The maximum atomic E-state index is 12.8. The lowest BCUT2D eigenvalue weighted by atomic mass is 10.2. The summed E-state index contributed by atoms with van der Waals surface area (Å²) in [5.41, 5.74) is 1.08. The van der Waals surface area contributed by atoms with Crippen molar-refractivity contribution >= 4 is 51.7 Å². The molecule has 0 radical (unpaired) electrons. The topological polar surface area (TPSA) is 92.9 Å². The molecule has 1 heterocycles. The fourth-order valence-electron chi connectivity index (χ4n) is 2.46. The van der Waals surface area contributed by atoms with E-state index in [4.69, 9.17) is 17.0 Å². The van der Waals surface area contributed by atoms with E-state index in [2.05, 4.69) is 0 Å². The third-order valence-electron chi connectivity index (χ3n) is 3.69. The third kappa shape index (κ3) is 3.93. The number of hydrogen-bond donors (Lipinski definition) is 1. The summed E-state index contributed by atoms with van der Waals surface area (Å²) in [6, 6.07) is 10.4. The number of thiocarbonyl (C=S) groups is 1. The van der Waals surface area contributed by atoms with E-state index < -0.39 is 4.92 Å². The van der Waals surface area contributed by atoms with E-state index in [0.29, 0.717) is 32.8 Å². The Balaban J connectivity index is 1.88. The summed E-state index contributed by atoms with van der Waals surface area (Å²) in [5, 5.41) is 20.6. The van der Waals surface area contributed by atoms with Crippen molar-refractivity contribution < 1.29 is 19.6 Å². The molecule has 9 heteroatoms. The van der Waals surface area contributed by atoms with Crippen LogP contribution in [0.3, 0.4) is 0 Å². The molecule has 0 saturated carbocycles. The largest absolute Gasteiger partial charge is 0.504 e. The van der Waals surface area contributed by atoms with Gasteiger partial charge in [0.15, 0.2) is 15.8 Å². The Morgan fingerprint density at radius 3 is 2.63 bits per heavy atom. The first-order chi connectivity index (χ1) is 12.9. The fourth-order valence-corrected chi connectivity index (χ4v) is 3.76. The number of nitro groups is 1. The molecule has 0 bridgehead atoms. The van der Waals surface area contributed by atoms with Crippen LogP contribution in [-0.2, 0) is 4.79 Å². The molecule has 1 aliphatic rings. The average molecular weight is 402 g/mol. The average Bonchev–Trinajstić information content (AvgIpc) is 2.91. The molecule has 1 fully saturated rings. The lowest BCUT2D eigenvalue weighted by Gasteiger charge is -2.14. The molecule has 138 valence electrons. The number of rotatable bonds is 5. The number of thioether (sulfide) groups is 1. The first-order valence-corrected chi connectivity index (χ1v) is 9.11. The van der Waals surface area contributed by atoms with Crippen molar-refractivity contribution in [2.75, 3.05) is 11.5 Å². The zero-order valence-corrected chi connectivity index (χ0v) is 15.8. The van der Waals surface area contributed by atoms with Crippen LogP contribution in [0, 0.1) is 10.1 Å². The number of carbonyl (C=O) groups is 1. The minimum Gasteiger partial charge on any atom is -0.504 e. The number of phenolic OH excluding ortho intramolecular Hbond substituents is 1. The molecule has 0 aromatic heterocycles. The van der Waals surface area contributed by atoms with Crippen molar-refractivity contribution in [2.24, 2.45) is 0 Å². The molecule has 1 amide bonds. The van der Waals surface area contributed by atoms with E-state index in [1.165, 1.54) is 35.2 Å². The van der Waals surface area contributed by atoms with Gasteiger partial charge in [0, 0.05) is 12.1 Å². The highest BCUT2D eigenvalue weighted by molar-refractivity contribution is 8.27. The van der Waals surface area contributed by atoms with Gasteiger partial charge in [-0.1, -0.05) is 30.0 Å². The van der Waals surface area contributed by atoms with Gasteiger partial charge in [0.1, 0.15) is 0 Å². The Kier molecular flexibility index (Phi) is 5.43. The number of non-ortho nitro benzene ring substituents is 1. The van der Waals surface area contributed by atoms with Gasteiger partial charge in [-0.05, 0) is 42.8 Å². The van der Waals surface area contributed by atoms with Crippen LogP contribution in [0.4, 0.5) is 11.4 Å². The van der Waals surface area contributed by atoms with E-state index in [0.717, 1.165) is 11.8 Å². The lowest BCUT2D eigenvalue weighted by Crippen LogP contribution is -2.27. The summed E-state index contributed by atoms with van der Waals surface area (Å²) in [7, 11) is 0. The van der Waals surface area contributed by atoms with Gasteiger partial charge in [-0.25, -0.2) is 0 Å². The van der Waals surface area contributed by atoms with Crippen LogP contribution in [0.5, 0.6) is 11.5 Å². The van der Waals surface area contributed by atoms with E-state index in [9.17, 15) is 20.0 Å². The minimum atomic E-state index is -0.505. The molecule has 2 aromatic rings. The normalized spacial score (nSPS) is 15.4. The van der Waals surface area contributed by atoms with Crippen LogP contribution in [0.15, 0.2) is 47.4 Å². The standard InChI is InChI=1S/C18H14N2O5S2/c1-2-25-15-9-11(3-8-14(15)21)10-16-17(22)19(18(26)27-16)12-4-6-13(7-5-12)20(23)24/h3-10,21H,2H2,1H3/b16-10-. The van der Waals surface area contributed by atoms with Gasteiger partial charge in [0.25, 0.3) is 11.6 Å². The molecule has 0 unspecified atom stereocenters. The lowest BCUT2D eigenvalue weighted by molar-refractivity contribution is -0.384. The number of phenols is 1. The second-order valence-electron chi connectivity index (χ2n) is 5.45. The number of ether oxygens (including phenoxy) is 1. The van der Waals surface area contributed by atoms with E-state index in [1.54, 1.807) is 25.1 Å². The van der Waals surface area contributed by atoms with Crippen LogP contribution in [0.1, 0.15) is 12.5 Å². The molecule has 0 atom stereocenters. The molecular weight excluding hydrogens is 388 g/mol. The fraction of sp³-hybridized carbons (Fsp3) is 0.111. The van der Waals surface area contributed by atoms with Gasteiger partial charge in [0.2, 0.25) is 0 Å². The van der Waals surface area contributed by atoms with Crippen molar-refractivity contribution in [1.82, 2.24) is 0 Å². The number of nitrogens with zero attached hydrogens (tertiary/aromatic N) is 2. The van der Waals surface area contributed by atoms with Gasteiger partial charge >= 0.3 is 0 Å². The number of nitro benzene ring substituents is 1. The van der Waals surface area contributed by atoms with Gasteiger partial charge in [-0.2, -0.15) is 0 Å². The maximum absolute atomic E-state index is 12.8. The highest BCUT2D eigenvalue weighted by atomic mass is 32.2. The molecule has 27 heavy (non-hydrogen) atoms. The zero-order valence-electron chi connectivity index (χ0n) is 14.1. The number of carbonyl (C=O) groups excluding carboxylic acids is 1. The summed E-state index contributed by atoms with van der Waals surface area (Å²) in [6.07, 6.45) is 1.66. The van der Waals surface area contributed by atoms with Gasteiger partial charge in [-0.15, -0.1) is 0 Å². The highest BCUT2D eigenvalue weighted by Crippen LogP contribution is 2.37. The molecule has 1 aliphatic heterocycles. The van der Waals surface area contributed by atoms with Crippen LogP contribution in [0.25, 0.3) is 6.08 Å². The SMILES string of the molecule is CCOc1cc(/C=C2\SC(=S)N(c3ccc([N+](=O)[O-])cc3)C2=O)ccc1O. The monoisotopic (exact) mass is 402 g/mol. The van der Waals surface area contributed by atoms with E-state index in [-0.39, 0.29) is 17.3 Å². The molecule has 2 aromatic carbocycles. The second kappa shape index (κ2) is 7.77. The summed E-state index contributed by atoms with van der Waals surface area (Å²) < 4.78 is 5.69. The molecule has 0 spiro atoms. The predicted octanol–water partition coefficient (Wildman–Crippen LogP) is 4.10. The summed E-state index contributed by atoms with van der Waals surface area (Å²) >= 11 is 6.43. The van der Waals surface area contributed by atoms with Crippen molar-refractivity contribution in [3.63, 3.8) is 0 Å². The Morgan fingerprint density at radius 1 is 1.30 bits per heavy atom. The number of benzene rings is 2. The minimum absolute atomic E-state index is 0.0208. The van der Waals surface area contributed by atoms with Crippen molar-refractivity contribution in [1.29, 1.82) is 0 Å². The van der Waals surface area contributed by atoms with E-state index >= 15 is 0 Å². The summed E-state index contributed by atoms with van der Waals surface area (Å²) in [6.45, 7) is 2.21. The molecule has 3 rings (SSSR count). The van der Waals surface area contributed by atoms with Gasteiger partial charge in [-0.3, -0.25) is 19.8 Å². The van der Waals surface area contributed by atoms with Crippen LogP contribution < -0.4 is 9.64 Å². The number of hydrogen-bond acceptors (Lipinski definition) is 7. The van der Waals surface area contributed by atoms with Crippen molar-refractivity contribution in [2.45, 2.75) is 6.92 Å².